The van der Waals surface area contributed by atoms with Gasteiger partial charge in [0.05, 0.1) is 15.5 Å². The lowest BCUT2D eigenvalue weighted by molar-refractivity contribution is -0.140. The molecule has 0 N–H and O–H groups in total. The standard InChI is InChI=1S/C17H20ClF3N2O4S/c18-15-2-1-13(11-14(15)17(19,20)21)28(25,26)23-7-5-22(6-8-23)16(24)12-3-9-27-10-4-12/h1-2,11-12H,3-10H2. The molecule has 2 fully saturated rings. The minimum Gasteiger partial charge on any atom is -0.381 e. The van der Waals surface area contributed by atoms with Crippen LogP contribution in [0.1, 0.15) is 18.4 Å². The number of piperazine rings is 1. The maximum Gasteiger partial charge on any atom is 0.417 e. The van der Waals surface area contributed by atoms with E-state index in [-0.39, 0.29) is 38.0 Å². The molecular formula is C17H20ClF3N2O4S. The Morgan fingerprint density at radius 1 is 1.11 bits per heavy atom. The van der Waals surface area contributed by atoms with Gasteiger partial charge < -0.3 is 9.64 Å². The molecule has 2 saturated heterocycles. The molecule has 2 aliphatic heterocycles. The summed E-state index contributed by atoms with van der Waals surface area (Å²) < 4.78 is 70.9. The number of sulfonamides is 1. The first-order valence-electron chi connectivity index (χ1n) is 8.84. The van der Waals surface area contributed by atoms with Crippen molar-refractivity contribution in [3.05, 3.63) is 28.8 Å². The lowest BCUT2D eigenvalue weighted by Gasteiger charge is -2.36. The van der Waals surface area contributed by atoms with Gasteiger partial charge in [0.1, 0.15) is 0 Å². The van der Waals surface area contributed by atoms with Crippen LogP contribution in [0.15, 0.2) is 23.1 Å². The Bertz CT molecular complexity index is 833. The quantitative estimate of drug-likeness (QED) is 0.724. The third-order valence-corrected chi connectivity index (χ3v) is 7.23. The highest BCUT2D eigenvalue weighted by atomic mass is 35.5. The summed E-state index contributed by atoms with van der Waals surface area (Å²) in [5, 5.41) is -0.557. The average molecular weight is 441 g/mol. The zero-order valence-corrected chi connectivity index (χ0v) is 16.5. The van der Waals surface area contributed by atoms with Gasteiger partial charge >= 0.3 is 6.18 Å². The highest BCUT2D eigenvalue weighted by Crippen LogP contribution is 2.36. The van der Waals surface area contributed by atoms with Crippen molar-refractivity contribution in [1.29, 1.82) is 0 Å². The highest BCUT2D eigenvalue weighted by molar-refractivity contribution is 7.89. The van der Waals surface area contributed by atoms with Gasteiger partial charge in [-0.15, -0.1) is 0 Å². The molecule has 2 heterocycles. The van der Waals surface area contributed by atoms with Gasteiger partial charge in [-0.3, -0.25) is 4.79 Å². The smallest absolute Gasteiger partial charge is 0.381 e. The second-order valence-corrected chi connectivity index (χ2v) is 9.10. The molecule has 1 aromatic carbocycles. The summed E-state index contributed by atoms with van der Waals surface area (Å²) >= 11 is 5.56. The lowest BCUT2D eigenvalue weighted by atomic mass is 9.98. The maximum absolute atomic E-state index is 13.0. The van der Waals surface area contributed by atoms with Crippen molar-refractivity contribution in [3.63, 3.8) is 0 Å². The number of benzene rings is 1. The van der Waals surface area contributed by atoms with Gasteiger partial charge in [0.15, 0.2) is 0 Å². The summed E-state index contributed by atoms with van der Waals surface area (Å²) in [5.74, 6) is -0.145. The second kappa shape index (κ2) is 8.17. The van der Waals surface area contributed by atoms with Crippen LogP contribution in [0.2, 0.25) is 5.02 Å². The van der Waals surface area contributed by atoms with Crippen LogP contribution in [0.5, 0.6) is 0 Å². The van der Waals surface area contributed by atoms with E-state index in [2.05, 4.69) is 0 Å². The number of rotatable bonds is 3. The molecule has 0 bridgehead atoms. The van der Waals surface area contributed by atoms with E-state index >= 15 is 0 Å². The van der Waals surface area contributed by atoms with Crippen molar-refractivity contribution in [2.45, 2.75) is 23.9 Å². The Morgan fingerprint density at radius 2 is 1.71 bits per heavy atom. The molecule has 28 heavy (non-hydrogen) atoms. The van der Waals surface area contributed by atoms with Crippen molar-refractivity contribution in [3.8, 4) is 0 Å². The average Bonchev–Trinajstić information content (AvgIpc) is 2.67. The molecule has 0 radical (unpaired) electrons. The fraction of sp³-hybridized carbons (Fsp3) is 0.588. The number of hydrogen-bond acceptors (Lipinski definition) is 4. The van der Waals surface area contributed by atoms with E-state index in [1.54, 1.807) is 4.90 Å². The largest absolute Gasteiger partial charge is 0.417 e. The van der Waals surface area contributed by atoms with Crippen molar-refractivity contribution in [2.24, 2.45) is 5.92 Å². The van der Waals surface area contributed by atoms with Crippen molar-refractivity contribution in [1.82, 2.24) is 9.21 Å². The normalized spacial score (nSPS) is 20.4. The summed E-state index contributed by atoms with van der Waals surface area (Å²) in [6, 6.07) is 2.55. The third-order valence-electron chi connectivity index (χ3n) is 5.00. The van der Waals surface area contributed by atoms with E-state index in [4.69, 9.17) is 16.3 Å². The fourth-order valence-corrected chi connectivity index (χ4v) is 5.06. The highest BCUT2D eigenvalue weighted by Gasteiger charge is 2.37. The van der Waals surface area contributed by atoms with E-state index in [1.807, 2.05) is 0 Å². The zero-order valence-electron chi connectivity index (χ0n) is 14.9. The Kier molecular flexibility index (Phi) is 6.23. The Balaban J connectivity index is 1.70. The summed E-state index contributed by atoms with van der Waals surface area (Å²) in [6.07, 6.45) is -3.47. The number of amides is 1. The first kappa shape index (κ1) is 21.4. The van der Waals surface area contributed by atoms with Gasteiger partial charge in [-0.2, -0.15) is 17.5 Å². The molecule has 6 nitrogen and oxygen atoms in total. The Labute approximate surface area is 166 Å². The first-order chi connectivity index (χ1) is 13.1. The van der Waals surface area contributed by atoms with Crippen LogP contribution in [-0.2, 0) is 25.7 Å². The number of carbonyl (C=O) groups excluding carboxylic acids is 1. The van der Waals surface area contributed by atoms with Crippen LogP contribution >= 0.6 is 11.6 Å². The van der Waals surface area contributed by atoms with E-state index in [1.165, 1.54) is 0 Å². The first-order valence-corrected chi connectivity index (χ1v) is 10.7. The van der Waals surface area contributed by atoms with Crippen LogP contribution in [0.25, 0.3) is 0 Å². The third kappa shape index (κ3) is 4.45. The van der Waals surface area contributed by atoms with Gasteiger partial charge in [0.2, 0.25) is 15.9 Å². The molecule has 0 saturated carbocycles. The van der Waals surface area contributed by atoms with E-state index < -0.39 is 31.7 Å². The molecule has 0 aliphatic carbocycles. The number of ether oxygens (including phenoxy) is 1. The molecule has 11 heteroatoms. The molecule has 0 spiro atoms. The van der Waals surface area contributed by atoms with E-state index in [9.17, 15) is 26.4 Å². The van der Waals surface area contributed by atoms with Crippen molar-refractivity contribution < 1.29 is 31.1 Å². The second-order valence-electron chi connectivity index (χ2n) is 6.76. The molecule has 1 amide bonds. The van der Waals surface area contributed by atoms with Gasteiger partial charge in [-0.05, 0) is 31.0 Å². The van der Waals surface area contributed by atoms with Gasteiger partial charge in [0.25, 0.3) is 0 Å². The molecule has 2 aliphatic rings. The summed E-state index contributed by atoms with van der Waals surface area (Å²) in [6.45, 7) is 1.53. The van der Waals surface area contributed by atoms with Gasteiger partial charge in [-0.1, -0.05) is 11.6 Å². The molecule has 3 rings (SSSR count). The molecule has 0 atom stereocenters. The van der Waals surface area contributed by atoms with Crippen LogP contribution in [-0.4, -0.2) is 62.9 Å². The number of alkyl halides is 3. The number of hydrogen-bond donors (Lipinski definition) is 0. The Hall–Kier alpha value is -1.36. The number of nitrogens with zero attached hydrogens (tertiary/aromatic N) is 2. The zero-order chi connectivity index (χ0) is 20.5. The van der Waals surface area contributed by atoms with Crippen LogP contribution < -0.4 is 0 Å². The molecular weight excluding hydrogens is 421 g/mol. The summed E-state index contributed by atoms with van der Waals surface area (Å²) in [4.78, 5) is 13.7. The molecule has 1 aromatic rings. The molecule has 156 valence electrons. The molecule has 0 unspecified atom stereocenters. The fourth-order valence-electron chi connectivity index (χ4n) is 3.38. The maximum atomic E-state index is 13.0. The van der Waals surface area contributed by atoms with Crippen molar-refractivity contribution >= 4 is 27.5 Å². The van der Waals surface area contributed by atoms with Gasteiger partial charge in [-0.25, -0.2) is 8.42 Å². The van der Waals surface area contributed by atoms with Crippen LogP contribution in [0, 0.1) is 5.92 Å². The monoisotopic (exact) mass is 440 g/mol. The topological polar surface area (TPSA) is 66.9 Å². The summed E-state index contributed by atoms with van der Waals surface area (Å²) in [5.41, 5.74) is -1.19. The van der Waals surface area contributed by atoms with E-state index in [0.29, 0.717) is 32.1 Å². The summed E-state index contributed by atoms with van der Waals surface area (Å²) in [7, 11) is -4.12. The van der Waals surface area contributed by atoms with Gasteiger partial charge in [0, 0.05) is 45.3 Å². The van der Waals surface area contributed by atoms with Crippen LogP contribution in [0.3, 0.4) is 0 Å². The Morgan fingerprint density at radius 3 is 2.29 bits per heavy atom. The van der Waals surface area contributed by atoms with E-state index in [0.717, 1.165) is 16.4 Å². The lowest BCUT2D eigenvalue weighted by Crippen LogP contribution is -2.52. The SMILES string of the molecule is O=C(C1CCOCC1)N1CCN(S(=O)(=O)c2ccc(Cl)c(C(F)(F)F)c2)CC1. The van der Waals surface area contributed by atoms with Crippen molar-refractivity contribution in [2.75, 3.05) is 39.4 Å². The predicted molar refractivity (Wildman–Crippen MR) is 95.3 cm³/mol. The predicted octanol–water partition coefficient (Wildman–Crippen LogP) is 2.62. The minimum absolute atomic E-state index is 0.0220. The minimum atomic E-state index is -4.75. The number of carbonyl (C=O) groups is 1. The number of halogens is 4. The van der Waals surface area contributed by atoms with Crippen LogP contribution in [0.4, 0.5) is 13.2 Å². The molecule has 0 aromatic heterocycles.